The summed E-state index contributed by atoms with van der Waals surface area (Å²) in [5.74, 6) is 0. The number of rotatable bonds is 0. The first-order valence-electron chi connectivity index (χ1n) is 2.83. The Hall–Kier alpha value is -1.16. The van der Waals surface area contributed by atoms with Gasteiger partial charge in [0.05, 0.1) is 4.70 Å². The monoisotopic (exact) mass is 151 g/mol. The van der Waals surface area contributed by atoms with E-state index in [1.165, 1.54) is 11.3 Å². The minimum absolute atomic E-state index is 0.578. The predicted molar refractivity (Wildman–Crippen MR) is 41.8 cm³/mol. The van der Waals surface area contributed by atoms with E-state index in [0.29, 0.717) is 5.13 Å². The van der Waals surface area contributed by atoms with Crippen molar-refractivity contribution in [2.24, 2.45) is 0 Å². The third-order valence-corrected chi connectivity index (χ3v) is 2.02. The molecular weight excluding hydrogens is 146 g/mol. The van der Waals surface area contributed by atoms with Crippen LogP contribution < -0.4 is 5.73 Å². The van der Waals surface area contributed by atoms with Crippen molar-refractivity contribution in [1.29, 1.82) is 0 Å². The molecule has 50 valence electrons. The third kappa shape index (κ3) is 0.733. The highest BCUT2D eigenvalue weighted by Gasteiger charge is 1.97. The van der Waals surface area contributed by atoms with Crippen LogP contribution in [0.4, 0.5) is 5.13 Å². The van der Waals surface area contributed by atoms with Crippen molar-refractivity contribution < 1.29 is 0 Å². The molecule has 0 fully saturated rings. The van der Waals surface area contributed by atoms with Crippen LogP contribution in [0.1, 0.15) is 0 Å². The van der Waals surface area contributed by atoms with E-state index < -0.39 is 0 Å². The van der Waals surface area contributed by atoms with Gasteiger partial charge in [-0.15, -0.1) is 0 Å². The van der Waals surface area contributed by atoms with Gasteiger partial charge in [0, 0.05) is 6.20 Å². The van der Waals surface area contributed by atoms with Gasteiger partial charge in [-0.2, -0.15) is 0 Å². The molecule has 0 amide bonds. The molecule has 3 nitrogen and oxygen atoms in total. The number of pyridine rings is 1. The molecule has 0 aromatic carbocycles. The Morgan fingerprint density at radius 1 is 1.50 bits per heavy atom. The van der Waals surface area contributed by atoms with Crippen LogP contribution in [0.3, 0.4) is 0 Å². The minimum Gasteiger partial charge on any atom is -0.375 e. The summed E-state index contributed by atoms with van der Waals surface area (Å²) in [7, 11) is 0. The van der Waals surface area contributed by atoms with E-state index in [1.807, 2.05) is 12.1 Å². The highest BCUT2D eigenvalue weighted by atomic mass is 32.1. The molecule has 0 radical (unpaired) electrons. The van der Waals surface area contributed by atoms with Gasteiger partial charge in [-0.05, 0) is 12.1 Å². The van der Waals surface area contributed by atoms with Crippen molar-refractivity contribution in [2.45, 2.75) is 0 Å². The molecule has 2 aromatic rings. The SMILES string of the molecule is Nc1nc2ncccc2s1. The minimum atomic E-state index is 0.578. The Kier molecular flexibility index (Phi) is 1.07. The van der Waals surface area contributed by atoms with E-state index in [4.69, 9.17) is 5.73 Å². The maximum absolute atomic E-state index is 5.46. The highest BCUT2D eigenvalue weighted by Crippen LogP contribution is 2.20. The molecule has 0 saturated carbocycles. The van der Waals surface area contributed by atoms with Crippen LogP contribution in [0.5, 0.6) is 0 Å². The van der Waals surface area contributed by atoms with Gasteiger partial charge in [0.1, 0.15) is 0 Å². The van der Waals surface area contributed by atoms with Gasteiger partial charge in [0.15, 0.2) is 10.8 Å². The zero-order valence-corrected chi connectivity index (χ0v) is 5.93. The maximum Gasteiger partial charge on any atom is 0.182 e. The molecule has 0 atom stereocenters. The quantitative estimate of drug-likeness (QED) is 0.617. The van der Waals surface area contributed by atoms with Crippen molar-refractivity contribution in [1.82, 2.24) is 9.97 Å². The number of thiazole rings is 1. The van der Waals surface area contributed by atoms with E-state index >= 15 is 0 Å². The van der Waals surface area contributed by atoms with E-state index in [-0.39, 0.29) is 0 Å². The Morgan fingerprint density at radius 3 is 3.20 bits per heavy atom. The molecule has 0 saturated heterocycles. The van der Waals surface area contributed by atoms with Crippen LogP contribution in [0.25, 0.3) is 10.3 Å². The van der Waals surface area contributed by atoms with Crippen molar-refractivity contribution >= 4 is 26.8 Å². The van der Waals surface area contributed by atoms with Gasteiger partial charge in [-0.25, -0.2) is 9.97 Å². The smallest absolute Gasteiger partial charge is 0.182 e. The standard InChI is InChI=1S/C6H5N3S/c7-6-9-5-4(10-6)2-1-3-8-5/h1-3H,(H2,7,8,9). The van der Waals surface area contributed by atoms with Crippen molar-refractivity contribution in [3.63, 3.8) is 0 Å². The third-order valence-electron chi connectivity index (χ3n) is 1.18. The van der Waals surface area contributed by atoms with E-state index in [2.05, 4.69) is 9.97 Å². The number of hydrogen-bond acceptors (Lipinski definition) is 4. The lowest BCUT2D eigenvalue weighted by Gasteiger charge is -1.79. The Labute approximate surface area is 61.5 Å². The molecule has 0 aliphatic carbocycles. The van der Waals surface area contributed by atoms with Gasteiger partial charge in [-0.3, -0.25) is 0 Å². The summed E-state index contributed by atoms with van der Waals surface area (Å²) in [6.45, 7) is 0. The summed E-state index contributed by atoms with van der Waals surface area (Å²) in [6.07, 6.45) is 1.71. The maximum atomic E-state index is 5.46. The summed E-state index contributed by atoms with van der Waals surface area (Å²) < 4.78 is 1.04. The fourth-order valence-electron chi connectivity index (χ4n) is 0.786. The fourth-order valence-corrected chi connectivity index (χ4v) is 1.48. The second-order valence-electron chi connectivity index (χ2n) is 1.88. The average Bonchev–Trinajstić information content (AvgIpc) is 2.27. The van der Waals surface area contributed by atoms with Crippen LogP contribution in [0, 0.1) is 0 Å². The summed E-state index contributed by atoms with van der Waals surface area (Å²) in [6, 6.07) is 3.83. The predicted octanol–water partition coefficient (Wildman–Crippen LogP) is 1.27. The number of nitrogens with zero attached hydrogens (tertiary/aromatic N) is 2. The lowest BCUT2D eigenvalue weighted by Crippen LogP contribution is -1.80. The van der Waals surface area contributed by atoms with Crippen LogP contribution in [0.15, 0.2) is 18.3 Å². The molecule has 4 heteroatoms. The lowest BCUT2D eigenvalue weighted by atomic mass is 10.5. The summed E-state index contributed by atoms with van der Waals surface area (Å²) in [5, 5.41) is 0.578. The number of aromatic nitrogens is 2. The highest BCUT2D eigenvalue weighted by molar-refractivity contribution is 7.21. The Morgan fingerprint density at radius 2 is 2.40 bits per heavy atom. The summed E-state index contributed by atoms with van der Waals surface area (Å²) >= 11 is 1.46. The molecular formula is C6H5N3S. The van der Waals surface area contributed by atoms with Gasteiger partial charge < -0.3 is 5.73 Å². The van der Waals surface area contributed by atoms with Crippen LogP contribution in [-0.4, -0.2) is 9.97 Å². The second kappa shape index (κ2) is 1.91. The second-order valence-corrected chi connectivity index (χ2v) is 2.94. The van der Waals surface area contributed by atoms with Crippen molar-refractivity contribution in [3.8, 4) is 0 Å². The molecule has 0 aliphatic heterocycles. The van der Waals surface area contributed by atoms with Crippen molar-refractivity contribution in [2.75, 3.05) is 5.73 Å². The first kappa shape index (κ1) is 5.61. The van der Waals surface area contributed by atoms with Crippen LogP contribution >= 0.6 is 11.3 Å². The number of nitrogen functional groups attached to an aromatic ring is 1. The number of hydrogen-bond donors (Lipinski definition) is 1. The van der Waals surface area contributed by atoms with E-state index in [0.717, 1.165) is 10.3 Å². The molecule has 10 heavy (non-hydrogen) atoms. The number of anilines is 1. The molecule has 0 spiro atoms. The first-order valence-corrected chi connectivity index (χ1v) is 3.65. The van der Waals surface area contributed by atoms with E-state index in [9.17, 15) is 0 Å². The van der Waals surface area contributed by atoms with Crippen LogP contribution in [-0.2, 0) is 0 Å². The normalized spacial score (nSPS) is 10.4. The molecule has 0 bridgehead atoms. The average molecular weight is 151 g/mol. The van der Waals surface area contributed by atoms with Gasteiger partial charge >= 0.3 is 0 Å². The summed E-state index contributed by atoms with van der Waals surface area (Å²) in [4.78, 5) is 8.02. The number of nitrogens with two attached hydrogens (primary N) is 1. The largest absolute Gasteiger partial charge is 0.375 e. The van der Waals surface area contributed by atoms with E-state index in [1.54, 1.807) is 6.20 Å². The molecule has 2 rings (SSSR count). The number of fused-ring (bicyclic) bond motifs is 1. The molecule has 2 heterocycles. The fraction of sp³-hybridized carbons (Fsp3) is 0. The molecule has 0 unspecified atom stereocenters. The summed E-state index contributed by atoms with van der Waals surface area (Å²) in [5.41, 5.74) is 6.20. The van der Waals surface area contributed by atoms with Gasteiger partial charge in [0.2, 0.25) is 0 Å². The first-order chi connectivity index (χ1) is 4.86. The van der Waals surface area contributed by atoms with Crippen LogP contribution in [0.2, 0.25) is 0 Å². The zero-order valence-electron chi connectivity index (χ0n) is 5.11. The topological polar surface area (TPSA) is 51.8 Å². The Balaban J connectivity index is 2.88. The molecule has 2 aromatic heterocycles. The van der Waals surface area contributed by atoms with Crippen molar-refractivity contribution in [3.05, 3.63) is 18.3 Å². The molecule has 2 N–H and O–H groups in total. The van der Waals surface area contributed by atoms with Gasteiger partial charge in [-0.1, -0.05) is 11.3 Å². The lowest BCUT2D eigenvalue weighted by molar-refractivity contribution is 1.33. The zero-order chi connectivity index (χ0) is 6.97. The Bertz CT molecular complexity index is 322. The molecule has 0 aliphatic rings. The van der Waals surface area contributed by atoms with Gasteiger partial charge in [0.25, 0.3) is 0 Å².